The molecule has 0 aromatic rings. The molecular weight excluding hydrogens is 264 g/mol. The van der Waals surface area contributed by atoms with E-state index in [0.717, 1.165) is 38.3 Å². The Morgan fingerprint density at radius 2 is 2.00 bits per heavy atom. The van der Waals surface area contributed by atoms with Crippen LogP contribution in [0, 0.1) is 23.2 Å². The Kier molecular flexibility index (Phi) is 6.95. The van der Waals surface area contributed by atoms with Crippen molar-refractivity contribution in [1.82, 2.24) is 4.90 Å². The zero-order chi connectivity index (χ0) is 15.1. The maximum absolute atomic E-state index is 9.45. The van der Waals surface area contributed by atoms with Gasteiger partial charge in [-0.3, -0.25) is 4.90 Å². The molecule has 1 N–H and O–H groups in total. The van der Waals surface area contributed by atoms with E-state index in [-0.39, 0.29) is 12.5 Å². The highest BCUT2D eigenvalue weighted by molar-refractivity contribution is 4.98. The number of hydrogen-bond acceptors (Lipinski definition) is 4. The molecule has 3 atom stereocenters. The molecule has 2 aliphatic rings. The van der Waals surface area contributed by atoms with Gasteiger partial charge in [-0.05, 0) is 38.0 Å². The van der Waals surface area contributed by atoms with Crippen molar-refractivity contribution in [3.05, 3.63) is 0 Å². The van der Waals surface area contributed by atoms with Crippen LogP contribution < -0.4 is 0 Å². The molecule has 2 rings (SSSR count). The summed E-state index contributed by atoms with van der Waals surface area (Å²) in [5.74, 6) is 1.03. The summed E-state index contributed by atoms with van der Waals surface area (Å²) in [7, 11) is 0. The molecule has 2 fully saturated rings. The summed E-state index contributed by atoms with van der Waals surface area (Å²) >= 11 is 0. The molecule has 1 aliphatic heterocycles. The first-order chi connectivity index (χ1) is 10.3. The number of piperidine rings is 1. The highest BCUT2D eigenvalue weighted by Gasteiger charge is 2.35. The first-order valence-corrected chi connectivity index (χ1v) is 8.64. The van der Waals surface area contributed by atoms with Gasteiger partial charge in [0.2, 0.25) is 0 Å². The van der Waals surface area contributed by atoms with E-state index in [4.69, 9.17) is 9.84 Å². The monoisotopic (exact) mass is 294 g/mol. The van der Waals surface area contributed by atoms with Gasteiger partial charge >= 0.3 is 0 Å². The van der Waals surface area contributed by atoms with Crippen LogP contribution in [0.3, 0.4) is 0 Å². The Morgan fingerprint density at radius 1 is 1.24 bits per heavy atom. The molecule has 1 saturated heterocycles. The van der Waals surface area contributed by atoms with Crippen molar-refractivity contribution in [3.8, 4) is 6.07 Å². The van der Waals surface area contributed by atoms with Crippen LogP contribution in [-0.4, -0.2) is 48.5 Å². The number of aliphatic hydroxyl groups is 1. The molecule has 0 bridgehead atoms. The molecule has 3 unspecified atom stereocenters. The van der Waals surface area contributed by atoms with Crippen LogP contribution in [0.15, 0.2) is 0 Å². The molecule has 4 nitrogen and oxygen atoms in total. The van der Waals surface area contributed by atoms with Crippen LogP contribution >= 0.6 is 0 Å². The summed E-state index contributed by atoms with van der Waals surface area (Å²) in [6, 6.07) is 3.01. The van der Waals surface area contributed by atoms with E-state index in [1.165, 1.54) is 25.7 Å². The Balaban J connectivity index is 1.85. The maximum Gasteiger partial charge on any atom is 0.0701 e. The lowest BCUT2D eigenvalue weighted by molar-refractivity contribution is -0.0250. The summed E-state index contributed by atoms with van der Waals surface area (Å²) in [5, 5.41) is 18.3. The number of nitriles is 1. The van der Waals surface area contributed by atoms with Crippen molar-refractivity contribution < 1.29 is 9.84 Å². The topological polar surface area (TPSA) is 56.5 Å². The van der Waals surface area contributed by atoms with Crippen molar-refractivity contribution in [2.45, 2.75) is 64.0 Å². The molecule has 120 valence electrons. The number of rotatable bonds is 6. The molecule has 0 radical (unpaired) electrons. The van der Waals surface area contributed by atoms with Crippen molar-refractivity contribution in [3.63, 3.8) is 0 Å². The molecular formula is C17H30N2O2. The molecule has 0 amide bonds. The van der Waals surface area contributed by atoms with Gasteiger partial charge in [-0.1, -0.05) is 19.8 Å². The smallest absolute Gasteiger partial charge is 0.0701 e. The third kappa shape index (κ3) is 4.67. The maximum atomic E-state index is 9.45. The minimum Gasteiger partial charge on any atom is -0.394 e. The highest BCUT2D eigenvalue weighted by atomic mass is 16.5. The summed E-state index contributed by atoms with van der Waals surface area (Å²) in [5.41, 5.74) is 0. The van der Waals surface area contributed by atoms with Crippen LogP contribution in [0.4, 0.5) is 0 Å². The first kappa shape index (κ1) is 16.7. The number of ether oxygens (including phenoxy) is 1. The van der Waals surface area contributed by atoms with E-state index in [1.807, 2.05) is 0 Å². The van der Waals surface area contributed by atoms with Crippen molar-refractivity contribution >= 4 is 0 Å². The molecule has 0 aromatic carbocycles. The van der Waals surface area contributed by atoms with Gasteiger partial charge < -0.3 is 9.84 Å². The third-order valence-electron chi connectivity index (χ3n) is 5.18. The van der Waals surface area contributed by atoms with Gasteiger partial charge in [-0.2, -0.15) is 5.26 Å². The minimum absolute atomic E-state index is 0.109. The van der Waals surface area contributed by atoms with Gasteiger partial charge in [-0.25, -0.2) is 0 Å². The lowest BCUT2D eigenvalue weighted by Crippen LogP contribution is -2.48. The molecule has 1 saturated carbocycles. The van der Waals surface area contributed by atoms with Crippen LogP contribution in [0.25, 0.3) is 0 Å². The molecule has 0 spiro atoms. The fourth-order valence-corrected chi connectivity index (χ4v) is 4.05. The van der Waals surface area contributed by atoms with Gasteiger partial charge in [0, 0.05) is 19.1 Å². The number of aliphatic hydroxyl groups excluding tert-OH is 1. The third-order valence-corrected chi connectivity index (χ3v) is 5.18. The zero-order valence-electron chi connectivity index (χ0n) is 13.3. The summed E-state index contributed by atoms with van der Waals surface area (Å²) in [4.78, 5) is 2.54. The minimum atomic E-state index is 0.109. The Bertz CT molecular complexity index is 334. The first-order valence-electron chi connectivity index (χ1n) is 8.64. The SMILES string of the molecule is CCCC1CCC(C#N)C(N2CCC(OCCO)CC2)C1. The van der Waals surface area contributed by atoms with E-state index < -0.39 is 0 Å². The second-order valence-electron chi connectivity index (χ2n) is 6.60. The molecule has 4 heteroatoms. The van der Waals surface area contributed by atoms with E-state index in [2.05, 4.69) is 17.9 Å². The van der Waals surface area contributed by atoms with E-state index in [9.17, 15) is 5.26 Å². The number of nitrogens with zero attached hydrogens (tertiary/aromatic N) is 2. The predicted molar refractivity (Wildman–Crippen MR) is 82.8 cm³/mol. The van der Waals surface area contributed by atoms with Crippen molar-refractivity contribution in [2.75, 3.05) is 26.3 Å². The van der Waals surface area contributed by atoms with E-state index >= 15 is 0 Å². The van der Waals surface area contributed by atoms with Gasteiger partial charge in [0.05, 0.1) is 31.3 Å². The van der Waals surface area contributed by atoms with Gasteiger partial charge in [0.1, 0.15) is 0 Å². The van der Waals surface area contributed by atoms with Crippen LogP contribution in [0.5, 0.6) is 0 Å². The molecule has 0 aromatic heterocycles. The lowest BCUT2D eigenvalue weighted by atomic mass is 9.76. The zero-order valence-corrected chi connectivity index (χ0v) is 13.3. The van der Waals surface area contributed by atoms with Gasteiger partial charge in [-0.15, -0.1) is 0 Å². The van der Waals surface area contributed by atoms with Crippen LogP contribution in [-0.2, 0) is 4.74 Å². The largest absolute Gasteiger partial charge is 0.394 e. The predicted octanol–water partition coefficient (Wildman–Crippen LogP) is 2.57. The Labute approximate surface area is 129 Å². The molecule has 21 heavy (non-hydrogen) atoms. The van der Waals surface area contributed by atoms with Gasteiger partial charge in [0.15, 0.2) is 0 Å². The van der Waals surface area contributed by atoms with Crippen LogP contribution in [0.1, 0.15) is 51.9 Å². The fraction of sp³-hybridized carbons (Fsp3) is 0.941. The average molecular weight is 294 g/mol. The van der Waals surface area contributed by atoms with Crippen molar-refractivity contribution in [1.29, 1.82) is 5.26 Å². The van der Waals surface area contributed by atoms with E-state index in [1.54, 1.807) is 0 Å². The highest BCUT2D eigenvalue weighted by Crippen LogP contribution is 2.35. The quantitative estimate of drug-likeness (QED) is 0.818. The normalized spacial score (nSPS) is 32.0. The molecule has 1 aliphatic carbocycles. The summed E-state index contributed by atoms with van der Waals surface area (Å²) in [6.07, 6.45) is 8.44. The van der Waals surface area contributed by atoms with Crippen molar-refractivity contribution in [2.24, 2.45) is 11.8 Å². The fourth-order valence-electron chi connectivity index (χ4n) is 4.05. The molecule has 1 heterocycles. The Morgan fingerprint density at radius 3 is 2.62 bits per heavy atom. The number of hydrogen-bond donors (Lipinski definition) is 1. The Hall–Kier alpha value is -0.630. The van der Waals surface area contributed by atoms with Gasteiger partial charge in [0.25, 0.3) is 0 Å². The number of likely N-dealkylation sites (tertiary alicyclic amines) is 1. The standard InChI is InChI=1S/C17H30N2O2/c1-2-3-14-4-5-15(13-18)17(12-14)19-8-6-16(7-9-19)21-11-10-20/h14-17,20H,2-12H2,1H3. The second-order valence-corrected chi connectivity index (χ2v) is 6.60. The van der Waals surface area contributed by atoms with Crippen LogP contribution in [0.2, 0.25) is 0 Å². The summed E-state index contributed by atoms with van der Waals surface area (Å²) < 4.78 is 5.64. The average Bonchev–Trinajstić information content (AvgIpc) is 2.53. The summed E-state index contributed by atoms with van der Waals surface area (Å²) in [6.45, 7) is 4.90. The lowest BCUT2D eigenvalue weighted by Gasteiger charge is -2.43. The second kappa shape index (κ2) is 8.73. The van der Waals surface area contributed by atoms with E-state index in [0.29, 0.717) is 18.8 Å².